The summed E-state index contributed by atoms with van der Waals surface area (Å²) in [5.41, 5.74) is 2.01. The summed E-state index contributed by atoms with van der Waals surface area (Å²) >= 11 is 0. The Morgan fingerprint density at radius 2 is 1.83 bits per heavy atom. The van der Waals surface area contributed by atoms with E-state index in [0.717, 1.165) is 24.2 Å². The fraction of sp³-hybridized carbons (Fsp3) is 0.250. The van der Waals surface area contributed by atoms with Gasteiger partial charge in [-0.15, -0.1) is 0 Å². The van der Waals surface area contributed by atoms with Crippen molar-refractivity contribution in [3.8, 4) is 5.75 Å². The number of rotatable bonds is 8. The highest BCUT2D eigenvalue weighted by atomic mass is 19.1. The summed E-state index contributed by atoms with van der Waals surface area (Å²) in [4.78, 5) is 11.7. The Kier molecular flexibility index (Phi) is 7.02. The molecule has 0 saturated heterocycles. The van der Waals surface area contributed by atoms with Gasteiger partial charge in [0.1, 0.15) is 11.6 Å². The SMILES string of the molecule is CCOc1ccc(CCCNC(=O)/C=C/c2ccc(F)cc2)cc1. The molecule has 0 aliphatic carbocycles. The molecule has 0 aliphatic heterocycles. The molecule has 4 heteroatoms. The van der Waals surface area contributed by atoms with E-state index in [9.17, 15) is 9.18 Å². The zero-order valence-corrected chi connectivity index (χ0v) is 13.8. The number of carbonyl (C=O) groups excluding carboxylic acids is 1. The van der Waals surface area contributed by atoms with Crippen molar-refractivity contribution >= 4 is 12.0 Å². The van der Waals surface area contributed by atoms with E-state index in [2.05, 4.69) is 5.32 Å². The van der Waals surface area contributed by atoms with Gasteiger partial charge in [0.25, 0.3) is 0 Å². The molecule has 2 aromatic rings. The van der Waals surface area contributed by atoms with E-state index in [1.807, 2.05) is 31.2 Å². The smallest absolute Gasteiger partial charge is 0.243 e. The van der Waals surface area contributed by atoms with E-state index in [1.165, 1.54) is 23.8 Å². The standard InChI is InChI=1S/C20H22FNO2/c1-2-24-19-12-7-16(8-13-19)4-3-15-22-20(23)14-9-17-5-10-18(21)11-6-17/h5-14H,2-4,15H2,1H3,(H,22,23)/b14-9+. The summed E-state index contributed by atoms with van der Waals surface area (Å²) in [7, 11) is 0. The lowest BCUT2D eigenvalue weighted by atomic mass is 10.1. The Labute approximate surface area is 142 Å². The van der Waals surface area contributed by atoms with Crippen LogP contribution in [0, 0.1) is 5.82 Å². The van der Waals surface area contributed by atoms with Crippen LogP contribution in [0.1, 0.15) is 24.5 Å². The minimum Gasteiger partial charge on any atom is -0.494 e. The lowest BCUT2D eigenvalue weighted by Crippen LogP contribution is -2.22. The van der Waals surface area contributed by atoms with Gasteiger partial charge in [-0.25, -0.2) is 4.39 Å². The average Bonchev–Trinajstić information content (AvgIpc) is 2.60. The van der Waals surface area contributed by atoms with Gasteiger partial charge in [0.05, 0.1) is 6.61 Å². The van der Waals surface area contributed by atoms with Crippen LogP contribution in [0.3, 0.4) is 0 Å². The van der Waals surface area contributed by atoms with E-state index < -0.39 is 0 Å². The van der Waals surface area contributed by atoms with Crippen molar-refractivity contribution in [3.63, 3.8) is 0 Å². The molecule has 3 nitrogen and oxygen atoms in total. The van der Waals surface area contributed by atoms with Crippen LogP contribution in [-0.4, -0.2) is 19.1 Å². The fourth-order valence-corrected chi connectivity index (χ4v) is 2.23. The van der Waals surface area contributed by atoms with E-state index in [-0.39, 0.29) is 11.7 Å². The van der Waals surface area contributed by atoms with Crippen LogP contribution < -0.4 is 10.1 Å². The number of amides is 1. The largest absolute Gasteiger partial charge is 0.494 e. The molecule has 1 N–H and O–H groups in total. The first kappa shape index (κ1) is 17.7. The zero-order chi connectivity index (χ0) is 17.2. The summed E-state index contributed by atoms with van der Waals surface area (Å²) in [5, 5.41) is 2.84. The number of halogens is 1. The molecule has 0 fully saturated rings. The molecular formula is C20H22FNO2. The van der Waals surface area contributed by atoms with Crippen molar-refractivity contribution < 1.29 is 13.9 Å². The quantitative estimate of drug-likeness (QED) is 0.588. The Balaban J connectivity index is 1.67. The summed E-state index contributed by atoms with van der Waals surface area (Å²) in [5.74, 6) is 0.442. The monoisotopic (exact) mass is 327 g/mol. The molecule has 0 aromatic heterocycles. The maximum Gasteiger partial charge on any atom is 0.243 e. The van der Waals surface area contributed by atoms with Gasteiger partial charge < -0.3 is 10.1 Å². The number of benzene rings is 2. The van der Waals surface area contributed by atoms with Gasteiger partial charge in [-0.3, -0.25) is 4.79 Å². The third kappa shape index (κ3) is 6.24. The number of hydrogen-bond donors (Lipinski definition) is 1. The van der Waals surface area contributed by atoms with Crippen molar-refractivity contribution in [1.29, 1.82) is 0 Å². The van der Waals surface area contributed by atoms with Crippen molar-refractivity contribution in [2.24, 2.45) is 0 Å². The van der Waals surface area contributed by atoms with Gasteiger partial charge in [0.15, 0.2) is 0 Å². The second kappa shape index (κ2) is 9.50. The van der Waals surface area contributed by atoms with Gasteiger partial charge in [-0.05, 0) is 61.2 Å². The van der Waals surface area contributed by atoms with Crippen molar-refractivity contribution in [1.82, 2.24) is 5.32 Å². The van der Waals surface area contributed by atoms with E-state index in [1.54, 1.807) is 18.2 Å². The van der Waals surface area contributed by atoms with Crippen LogP contribution in [0.5, 0.6) is 5.75 Å². The van der Waals surface area contributed by atoms with Crippen LogP contribution in [-0.2, 0) is 11.2 Å². The molecule has 126 valence electrons. The Bertz CT molecular complexity index is 663. The first-order valence-corrected chi connectivity index (χ1v) is 8.10. The van der Waals surface area contributed by atoms with Gasteiger partial charge in [-0.1, -0.05) is 24.3 Å². The molecule has 2 rings (SSSR count). The Morgan fingerprint density at radius 1 is 1.12 bits per heavy atom. The molecule has 0 spiro atoms. The Morgan fingerprint density at radius 3 is 2.50 bits per heavy atom. The lowest BCUT2D eigenvalue weighted by molar-refractivity contribution is -0.116. The molecule has 0 radical (unpaired) electrons. The number of ether oxygens (including phenoxy) is 1. The molecule has 24 heavy (non-hydrogen) atoms. The first-order chi connectivity index (χ1) is 11.7. The predicted octanol–water partition coefficient (Wildman–Crippen LogP) is 3.99. The molecule has 1 amide bonds. The maximum absolute atomic E-state index is 12.8. The number of carbonyl (C=O) groups is 1. The van der Waals surface area contributed by atoms with E-state index in [4.69, 9.17) is 4.74 Å². The third-order valence-electron chi connectivity index (χ3n) is 3.47. The van der Waals surface area contributed by atoms with Crippen molar-refractivity contribution in [2.75, 3.05) is 13.2 Å². The molecule has 0 unspecified atom stereocenters. The summed E-state index contributed by atoms with van der Waals surface area (Å²) in [6.07, 6.45) is 4.89. The molecule has 0 aliphatic rings. The van der Waals surface area contributed by atoms with Crippen LogP contribution in [0.2, 0.25) is 0 Å². The molecular weight excluding hydrogens is 305 g/mol. The normalized spacial score (nSPS) is 10.8. The molecule has 0 saturated carbocycles. The fourth-order valence-electron chi connectivity index (χ4n) is 2.23. The van der Waals surface area contributed by atoms with Crippen molar-refractivity contribution in [2.45, 2.75) is 19.8 Å². The number of aryl methyl sites for hydroxylation is 1. The highest BCUT2D eigenvalue weighted by Crippen LogP contribution is 2.13. The molecule has 0 bridgehead atoms. The van der Waals surface area contributed by atoms with Crippen LogP contribution in [0.25, 0.3) is 6.08 Å². The van der Waals surface area contributed by atoms with Crippen LogP contribution >= 0.6 is 0 Å². The summed E-state index contributed by atoms with van der Waals surface area (Å²) in [6.45, 7) is 3.23. The number of nitrogens with one attached hydrogen (secondary N) is 1. The second-order valence-electron chi connectivity index (χ2n) is 5.36. The first-order valence-electron chi connectivity index (χ1n) is 8.10. The topological polar surface area (TPSA) is 38.3 Å². The predicted molar refractivity (Wildman–Crippen MR) is 94.4 cm³/mol. The van der Waals surface area contributed by atoms with E-state index >= 15 is 0 Å². The minimum atomic E-state index is -0.286. The Hall–Kier alpha value is -2.62. The van der Waals surface area contributed by atoms with Crippen molar-refractivity contribution in [3.05, 3.63) is 71.6 Å². The highest BCUT2D eigenvalue weighted by Gasteiger charge is 1.98. The maximum atomic E-state index is 12.8. The summed E-state index contributed by atoms with van der Waals surface area (Å²) < 4.78 is 18.2. The minimum absolute atomic E-state index is 0.147. The average molecular weight is 327 g/mol. The van der Waals surface area contributed by atoms with Gasteiger partial charge >= 0.3 is 0 Å². The van der Waals surface area contributed by atoms with Gasteiger partial charge in [-0.2, -0.15) is 0 Å². The third-order valence-corrected chi connectivity index (χ3v) is 3.47. The van der Waals surface area contributed by atoms with Gasteiger partial charge in [0, 0.05) is 12.6 Å². The summed E-state index contributed by atoms with van der Waals surface area (Å²) in [6, 6.07) is 14.0. The van der Waals surface area contributed by atoms with Crippen LogP contribution in [0.4, 0.5) is 4.39 Å². The van der Waals surface area contributed by atoms with Crippen LogP contribution in [0.15, 0.2) is 54.6 Å². The second-order valence-corrected chi connectivity index (χ2v) is 5.36. The molecule has 2 aromatic carbocycles. The van der Waals surface area contributed by atoms with Gasteiger partial charge in [0.2, 0.25) is 5.91 Å². The highest BCUT2D eigenvalue weighted by molar-refractivity contribution is 5.91. The lowest BCUT2D eigenvalue weighted by Gasteiger charge is -2.05. The zero-order valence-electron chi connectivity index (χ0n) is 13.8. The molecule has 0 atom stereocenters. The van der Waals surface area contributed by atoms with E-state index in [0.29, 0.717) is 13.2 Å². The number of hydrogen-bond acceptors (Lipinski definition) is 2. The molecule has 0 heterocycles.